The summed E-state index contributed by atoms with van der Waals surface area (Å²) in [5, 5.41) is 0. The normalized spacial score (nSPS) is 32.5. The van der Waals surface area contributed by atoms with Crippen molar-refractivity contribution in [3.8, 4) is 0 Å². The molecule has 23 heavy (non-hydrogen) atoms. The van der Waals surface area contributed by atoms with Crippen LogP contribution in [0.1, 0.15) is 27.2 Å². The molecule has 0 aromatic rings. The van der Waals surface area contributed by atoms with Crippen LogP contribution in [0.4, 0.5) is 0 Å². The van der Waals surface area contributed by atoms with E-state index in [9.17, 15) is 0 Å². The lowest BCUT2D eigenvalue weighted by Gasteiger charge is -2.53. The van der Waals surface area contributed by atoms with Crippen LogP contribution >= 0.6 is 0 Å². The molecule has 1 fully saturated rings. The predicted octanol–water partition coefficient (Wildman–Crippen LogP) is 4.19. The summed E-state index contributed by atoms with van der Waals surface area (Å²) in [6.07, 6.45) is 1.31. The molecule has 0 saturated carbocycles. The highest BCUT2D eigenvalue weighted by molar-refractivity contribution is 6.91. The second-order valence-electron chi connectivity index (χ2n) is 9.05. The summed E-state index contributed by atoms with van der Waals surface area (Å²) in [6.45, 7) is 24.9. The molecule has 1 saturated heterocycles. The first-order valence-corrected chi connectivity index (χ1v) is 18.3. The Bertz CT molecular complexity index is 356. The SMILES string of the molecule is CCC(N([Si](C)(C)C)[Si](C)(C)C)[Si]1(C)OC(C)COCC(C)O1. The fourth-order valence-electron chi connectivity index (χ4n) is 4.18. The van der Waals surface area contributed by atoms with Crippen LogP contribution in [0.15, 0.2) is 0 Å². The molecule has 7 heteroatoms. The van der Waals surface area contributed by atoms with Crippen molar-refractivity contribution in [3.05, 3.63) is 0 Å². The van der Waals surface area contributed by atoms with E-state index in [-0.39, 0.29) is 12.2 Å². The van der Waals surface area contributed by atoms with Crippen molar-refractivity contribution in [2.45, 2.75) is 90.9 Å². The average Bonchev–Trinajstić information content (AvgIpc) is 2.30. The molecule has 3 atom stereocenters. The van der Waals surface area contributed by atoms with E-state index in [1.165, 1.54) is 0 Å². The smallest absolute Gasteiger partial charge is 0.351 e. The maximum absolute atomic E-state index is 6.57. The highest BCUT2D eigenvalue weighted by Gasteiger charge is 2.52. The molecule has 0 aliphatic carbocycles. The molecule has 0 aromatic heterocycles. The molecule has 1 heterocycles. The summed E-state index contributed by atoms with van der Waals surface area (Å²) in [7, 11) is -5.29. The third-order valence-electron chi connectivity index (χ3n) is 4.32. The van der Waals surface area contributed by atoms with E-state index in [0.29, 0.717) is 18.9 Å². The van der Waals surface area contributed by atoms with Gasteiger partial charge in [-0.05, 0) is 26.8 Å². The summed E-state index contributed by atoms with van der Waals surface area (Å²) < 4.78 is 21.7. The van der Waals surface area contributed by atoms with Gasteiger partial charge in [-0.1, -0.05) is 46.2 Å². The van der Waals surface area contributed by atoms with Gasteiger partial charge in [0, 0.05) is 5.67 Å². The van der Waals surface area contributed by atoms with Crippen molar-refractivity contribution < 1.29 is 13.6 Å². The molecule has 0 bridgehead atoms. The Balaban J connectivity index is 3.25. The molecule has 0 spiro atoms. The molecule has 1 aliphatic heterocycles. The maximum Gasteiger partial charge on any atom is 0.351 e. The Labute approximate surface area is 147 Å². The lowest BCUT2D eigenvalue weighted by Crippen LogP contribution is -2.72. The Morgan fingerprint density at radius 3 is 1.65 bits per heavy atom. The third kappa shape index (κ3) is 5.76. The minimum Gasteiger partial charge on any atom is -0.388 e. The summed E-state index contributed by atoms with van der Waals surface area (Å²) >= 11 is 0. The molecular weight excluding hydrogens is 338 g/mol. The summed E-state index contributed by atoms with van der Waals surface area (Å²) in [5.74, 6) is 0. The summed E-state index contributed by atoms with van der Waals surface area (Å²) in [5.41, 5.74) is 0.420. The van der Waals surface area contributed by atoms with E-state index in [4.69, 9.17) is 13.6 Å². The number of hydrogen-bond acceptors (Lipinski definition) is 4. The molecule has 0 aromatic carbocycles. The number of nitrogens with zero attached hydrogens (tertiary/aromatic N) is 1. The fourth-order valence-corrected chi connectivity index (χ4v) is 21.5. The molecule has 0 amide bonds. The summed E-state index contributed by atoms with van der Waals surface area (Å²) in [4.78, 5) is 0. The molecule has 3 unspecified atom stereocenters. The van der Waals surface area contributed by atoms with Crippen LogP contribution in [-0.4, -0.2) is 60.3 Å². The van der Waals surface area contributed by atoms with Crippen LogP contribution in [-0.2, 0) is 13.6 Å². The van der Waals surface area contributed by atoms with Crippen molar-refractivity contribution in [3.63, 3.8) is 0 Å². The van der Waals surface area contributed by atoms with E-state index in [1.807, 2.05) is 0 Å². The van der Waals surface area contributed by atoms with Crippen LogP contribution < -0.4 is 0 Å². The number of ether oxygens (including phenoxy) is 1. The van der Waals surface area contributed by atoms with Crippen LogP contribution in [0.25, 0.3) is 0 Å². The van der Waals surface area contributed by atoms with Crippen molar-refractivity contribution in [2.24, 2.45) is 0 Å². The first-order chi connectivity index (χ1) is 10.3. The molecule has 0 N–H and O–H groups in total. The summed E-state index contributed by atoms with van der Waals surface area (Å²) in [6, 6.07) is 0. The van der Waals surface area contributed by atoms with Crippen molar-refractivity contribution in [2.75, 3.05) is 13.2 Å². The Morgan fingerprint density at radius 2 is 1.35 bits per heavy atom. The molecular formula is C16H39NO3Si3. The van der Waals surface area contributed by atoms with Gasteiger partial charge in [0.25, 0.3) is 0 Å². The van der Waals surface area contributed by atoms with E-state index in [0.717, 1.165) is 6.42 Å². The topological polar surface area (TPSA) is 30.9 Å². The molecule has 138 valence electrons. The minimum atomic E-state index is -2.34. The zero-order valence-corrected chi connectivity index (χ0v) is 20.0. The average molecular weight is 378 g/mol. The van der Waals surface area contributed by atoms with Gasteiger partial charge in [-0.15, -0.1) is 0 Å². The van der Waals surface area contributed by atoms with Gasteiger partial charge in [0.15, 0.2) is 0 Å². The van der Waals surface area contributed by atoms with Gasteiger partial charge in [0.05, 0.1) is 25.4 Å². The van der Waals surface area contributed by atoms with Crippen LogP contribution in [0.5, 0.6) is 0 Å². The quantitative estimate of drug-likeness (QED) is 0.672. The van der Waals surface area contributed by atoms with Gasteiger partial charge in [-0.25, -0.2) is 0 Å². The van der Waals surface area contributed by atoms with Gasteiger partial charge in [-0.2, -0.15) is 0 Å². The second kappa shape index (κ2) is 7.80. The minimum absolute atomic E-state index is 0.110. The monoisotopic (exact) mass is 377 g/mol. The Kier molecular flexibility index (Phi) is 7.30. The lowest BCUT2D eigenvalue weighted by molar-refractivity contribution is -0.0419. The maximum atomic E-state index is 6.57. The molecule has 0 radical (unpaired) electrons. The van der Waals surface area contributed by atoms with Crippen molar-refractivity contribution in [1.82, 2.24) is 4.23 Å². The Hall–Kier alpha value is 0.491. The first kappa shape index (κ1) is 21.5. The highest BCUT2D eigenvalue weighted by Crippen LogP contribution is 2.33. The Morgan fingerprint density at radius 1 is 0.957 bits per heavy atom. The van der Waals surface area contributed by atoms with E-state index < -0.39 is 25.0 Å². The number of rotatable bonds is 5. The van der Waals surface area contributed by atoms with Crippen molar-refractivity contribution >= 4 is 25.0 Å². The standard InChI is InChI=1S/C16H39NO3Si3/c1-11-16(17(21(4,5)6)22(7,8)9)23(10)19-14(2)12-18-13-15(3)20-23/h14-16H,11-13H2,1-10H3. The predicted molar refractivity (Wildman–Crippen MR) is 106 cm³/mol. The van der Waals surface area contributed by atoms with Gasteiger partial charge < -0.3 is 17.8 Å². The second-order valence-corrected chi connectivity index (χ2v) is 22.3. The van der Waals surface area contributed by atoms with Crippen molar-refractivity contribution in [1.29, 1.82) is 0 Å². The number of hydrogen-bond donors (Lipinski definition) is 0. The van der Waals surface area contributed by atoms with Crippen LogP contribution in [0, 0.1) is 0 Å². The molecule has 4 nitrogen and oxygen atoms in total. The third-order valence-corrected chi connectivity index (χ3v) is 16.0. The van der Waals surface area contributed by atoms with E-state index >= 15 is 0 Å². The fraction of sp³-hybridized carbons (Fsp3) is 1.00. The molecule has 1 rings (SSSR count). The van der Waals surface area contributed by atoms with Crippen LogP contribution in [0.2, 0.25) is 45.8 Å². The van der Waals surface area contributed by atoms with Gasteiger partial charge in [0.1, 0.15) is 16.5 Å². The largest absolute Gasteiger partial charge is 0.388 e. The van der Waals surface area contributed by atoms with Gasteiger partial charge in [-0.3, -0.25) is 0 Å². The van der Waals surface area contributed by atoms with E-state index in [1.54, 1.807) is 0 Å². The first-order valence-electron chi connectivity index (χ1n) is 9.04. The zero-order valence-electron chi connectivity index (χ0n) is 17.0. The van der Waals surface area contributed by atoms with Crippen LogP contribution in [0.3, 0.4) is 0 Å². The lowest BCUT2D eigenvalue weighted by atomic mass is 10.4. The molecule has 1 aliphatic rings. The van der Waals surface area contributed by atoms with Gasteiger partial charge in [0.2, 0.25) is 0 Å². The highest BCUT2D eigenvalue weighted by atomic mass is 28.4. The van der Waals surface area contributed by atoms with E-state index in [2.05, 4.69) is 70.8 Å². The van der Waals surface area contributed by atoms with Gasteiger partial charge >= 0.3 is 8.56 Å². The zero-order chi connectivity index (χ0) is 18.1.